The van der Waals surface area contributed by atoms with Crippen molar-refractivity contribution in [1.82, 2.24) is 9.88 Å². The largest absolute Gasteiger partial charge is 0.486 e. The molecule has 2 aliphatic rings. The average Bonchev–Trinajstić information content (AvgIpc) is 3.23. The molecule has 1 aromatic heterocycles. The van der Waals surface area contributed by atoms with Crippen molar-refractivity contribution in [3.63, 3.8) is 0 Å². The zero-order valence-corrected chi connectivity index (χ0v) is 16.7. The molecular formula is C24H24N2O4. The summed E-state index contributed by atoms with van der Waals surface area (Å²) >= 11 is 0. The minimum absolute atomic E-state index is 0.0213. The topological polar surface area (TPSA) is 71.6 Å². The van der Waals surface area contributed by atoms with Crippen LogP contribution >= 0.6 is 0 Å². The van der Waals surface area contributed by atoms with Gasteiger partial charge in [0.1, 0.15) is 13.2 Å². The summed E-state index contributed by atoms with van der Waals surface area (Å²) in [6.45, 7) is 2.92. The number of hydrogen-bond donors (Lipinski definition) is 1. The molecule has 1 fully saturated rings. The number of nitrogens with zero attached hydrogens (tertiary/aromatic N) is 1. The molecule has 0 aliphatic carbocycles. The first-order valence-electron chi connectivity index (χ1n) is 10.4. The fourth-order valence-electron chi connectivity index (χ4n) is 4.38. The van der Waals surface area contributed by atoms with Crippen molar-refractivity contribution in [2.75, 3.05) is 32.8 Å². The summed E-state index contributed by atoms with van der Waals surface area (Å²) < 4.78 is 11.1. The van der Waals surface area contributed by atoms with Crippen LogP contribution in [0.4, 0.5) is 0 Å². The summed E-state index contributed by atoms with van der Waals surface area (Å²) in [6.07, 6.45) is 3.31. The molecule has 0 radical (unpaired) electrons. The van der Waals surface area contributed by atoms with Gasteiger partial charge in [0.15, 0.2) is 23.1 Å². The Kier molecular flexibility index (Phi) is 5.01. The van der Waals surface area contributed by atoms with Crippen molar-refractivity contribution in [2.24, 2.45) is 5.92 Å². The van der Waals surface area contributed by atoms with E-state index in [1.54, 1.807) is 12.3 Å². The number of benzene rings is 2. The quantitative estimate of drug-likeness (QED) is 0.657. The number of likely N-dealkylation sites (tertiary alicyclic amines) is 1. The first kappa shape index (κ1) is 18.9. The van der Waals surface area contributed by atoms with Crippen LogP contribution in [0, 0.1) is 5.92 Å². The second-order valence-corrected chi connectivity index (χ2v) is 7.94. The standard InChI is InChI=1S/C24H24N2O4/c27-21(19-14-25-20-4-2-1-3-18(19)20)15-26-9-7-16(8-10-26)24(28)17-5-6-22-23(13-17)30-12-11-29-22/h1-6,13-14,16,25H,7-12,15H2. The third kappa shape index (κ3) is 3.59. The number of rotatable bonds is 5. The molecule has 0 amide bonds. The van der Waals surface area contributed by atoms with Crippen molar-refractivity contribution >= 4 is 22.5 Å². The minimum Gasteiger partial charge on any atom is -0.486 e. The van der Waals surface area contributed by atoms with E-state index in [2.05, 4.69) is 9.88 Å². The minimum atomic E-state index is -0.0213. The number of ether oxygens (including phenoxy) is 2. The molecule has 1 N–H and O–H groups in total. The number of carbonyl (C=O) groups excluding carboxylic acids is 2. The number of aromatic nitrogens is 1. The van der Waals surface area contributed by atoms with Gasteiger partial charge < -0.3 is 14.5 Å². The maximum atomic E-state index is 13.0. The summed E-state index contributed by atoms with van der Waals surface area (Å²) in [5, 5.41) is 0.964. The van der Waals surface area contributed by atoms with Gasteiger partial charge in [-0.15, -0.1) is 0 Å². The molecule has 3 heterocycles. The van der Waals surface area contributed by atoms with Crippen LogP contribution in [0.3, 0.4) is 0 Å². The van der Waals surface area contributed by atoms with Gasteiger partial charge in [-0.1, -0.05) is 18.2 Å². The van der Waals surface area contributed by atoms with Crippen molar-refractivity contribution in [2.45, 2.75) is 12.8 Å². The summed E-state index contributed by atoms with van der Waals surface area (Å²) in [5.74, 6) is 1.59. The van der Waals surface area contributed by atoms with Gasteiger partial charge in [0.05, 0.1) is 6.54 Å². The second kappa shape index (κ2) is 7.95. The Labute approximate surface area is 174 Å². The number of hydrogen-bond acceptors (Lipinski definition) is 5. The first-order chi connectivity index (χ1) is 14.7. The SMILES string of the molecule is O=C(CN1CCC(C(=O)c2ccc3c(c2)OCCO3)CC1)c1c[nH]c2ccccc12. The zero-order valence-electron chi connectivity index (χ0n) is 16.7. The maximum Gasteiger partial charge on any atom is 0.178 e. The fraction of sp³-hybridized carbons (Fsp3) is 0.333. The molecule has 2 aromatic carbocycles. The number of carbonyl (C=O) groups is 2. The Bertz CT molecular complexity index is 1100. The van der Waals surface area contributed by atoms with Crippen LogP contribution in [0.1, 0.15) is 33.6 Å². The third-order valence-electron chi connectivity index (χ3n) is 6.04. The molecule has 0 saturated carbocycles. The van der Waals surface area contributed by atoms with Crippen LogP contribution in [-0.4, -0.2) is 54.3 Å². The Morgan fingerprint density at radius 2 is 1.77 bits per heavy atom. The molecule has 30 heavy (non-hydrogen) atoms. The average molecular weight is 404 g/mol. The number of ketones is 2. The molecule has 6 nitrogen and oxygen atoms in total. The second-order valence-electron chi connectivity index (χ2n) is 7.94. The van der Waals surface area contributed by atoms with Crippen molar-refractivity contribution in [3.8, 4) is 11.5 Å². The van der Waals surface area contributed by atoms with E-state index < -0.39 is 0 Å². The summed E-state index contributed by atoms with van der Waals surface area (Å²) in [5.41, 5.74) is 2.39. The number of aromatic amines is 1. The van der Waals surface area contributed by atoms with Gasteiger partial charge in [-0.25, -0.2) is 0 Å². The molecule has 0 unspecified atom stereocenters. The van der Waals surface area contributed by atoms with E-state index in [4.69, 9.17) is 9.47 Å². The molecule has 0 bridgehead atoms. The zero-order chi connectivity index (χ0) is 20.5. The number of Topliss-reactive ketones (excluding diaryl/α,β-unsaturated/α-hetero) is 2. The molecule has 5 rings (SSSR count). The lowest BCUT2D eigenvalue weighted by Gasteiger charge is -2.30. The molecule has 1 saturated heterocycles. The van der Waals surface area contributed by atoms with E-state index in [1.807, 2.05) is 36.4 Å². The monoisotopic (exact) mass is 404 g/mol. The number of piperidine rings is 1. The highest BCUT2D eigenvalue weighted by Gasteiger charge is 2.28. The number of para-hydroxylation sites is 1. The predicted molar refractivity (Wildman–Crippen MR) is 114 cm³/mol. The van der Waals surface area contributed by atoms with Crippen molar-refractivity contribution in [1.29, 1.82) is 0 Å². The van der Waals surface area contributed by atoms with Crippen molar-refractivity contribution < 1.29 is 19.1 Å². The smallest absolute Gasteiger partial charge is 0.178 e. The Balaban J connectivity index is 1.20. The highest BCUT2D eigenvalue weighted by molar-refractivity contribution is 6.08. The summed E-state index contributed by atoms with van der Waals surface area (Å²) in [7, 11) is 0. The summed E-state index contributed by atoms with van der Waals surface area (Å²) in [6, 6.07) is 13.3. The van der Waals surface area contributed by atoms with Gasteiger partial charge in [0, 0.05) is 34.1 Å². The van der Waals surface area contributed by atoms with E-state index in [-0.39, 0.29) is 17.5 Å². The first-order valence-corrected chi connectivity index (χ1v) is 10.4. The molecule has 6 heteroatoms. The van der Waals surface area contributed by atoms with Crippen LogP contribution < -0.4 is 9.47 Å². The van der Waals surface area contributed by atoms with E-state index in [1.165, 1.54) is 0 Å². The highest BCUT2D eigenvalue weighted by atomic mass is 16.6. The van der Waals surface area contributed by atoms with Gasteiger partial charge in [-0.05, 0) is 50.2 Å². The molecule has 2 aliphatic heterocycles. The molecule has 154 valence electrons. The predicted octanol–water partition coefficient (Wildman–Crippen LogP) is 3.72. The fourth-order valence-corrected chi connectivity index (χ4v) is 4.38. The normalized spacial score (nSPS) is 17.2. The third-order valence-corrected chi connectivity index (χ3v) is 6.04. The lowest BCUT2D eigenvalue weighted by atomic mass is 9.88. The van der Waals surface area contributed by atoms with E-state index in [0.29, 0.717) is 36.8 Å². The van der Waals surface area contributed by atoms with E-state index in [0.717, 1.165) is 42.4 Å². The lowest BCUT2D eigenvalue weighted by molar-refractivity contribution is 0.0805. The van der Waals surface area contributed by atoms with Crippen LogP contribution in [0.15, 0.2) is 48.7 Å². The molecule has 0 spiro atoms. The van der Waals surface area contributed by atoms with Gasteiger partial charge in [-0.3, -0.25) is 14.5 Å². The Hall–Kier alpha value is -3.12. The Morgan fingerprint density at radius 1 is 1.00 bits per heavy atom. The van der Waals surface area contributed by atoms with Gasteiger partial charge in [0.2, 0.25) is 0 Å². The van der Waals surface area contributed by atoms with E-state index in [9.17, 15) is 9.59 Å². The van der Waals surface area contributed by atoms with Gasteiger partial charge >= 0.3 is 0 Å². The molecular weight excluding hydrogens is 380 g/mol. The molecule has 0 atom stereocenters. The number of fused-ring (bicyclic) bond motifs is 2. The van der Waals surface area contributed by atoms with Crippen molar-refractivity contribution in [3.05, 3.63) is 59.8 Å². The lowest BCUT2D eigenvalue weighted by Crippen LogP contribution is -2.39. The highest BCUT2D eigenvalue weighted by Crippen LogP contribution is 2.32. The van der Waals surface area contributed by atoms with Gasteiger partial charge in [0.25, 0.3) is 0 Å². The maximum absolute atomic E-state index is 13.0. The number of nitrogens with one attached hydrogen (secondary N) is 1. The van der Waals surface area contributed by atoms with Crippen LogP contribution in [-0.2, 0) is 0 Å². The van der Waals surface area contributed by atoms with E-state index >= 15 is 0 Å². The Morgan fingerprint density at radius 3 is 2.60 bits per heavy atom. The van der Waals surface area contributed by atoms with Crippen LogP contribution in [0.2, 0.25) is 0 Å². The van der Waals surface area contributed by atoms with Gasteiger partial charge in [-0.2, -0.15) is 0 Å². The van der Waals surface area contributed by atoms with Crippen LogP contribution in [0.5, 0.6) is 11.5 Å². The number of H-pyrrole nitrogens is 1. The van der Waals surface area contributed by atoms with Crippen LogP contribution in [0.25, 0.3) is 10.9 Å². The molecule has 3 aromatic rings. The summed E-state index contributed by atoms with van der Waals surface area (Å²) in [4.78, 5) is 31.1.